The van der Waals surface area contributed by atoms with E-state index in [-0.39, 0.29) is 11.8 Å². The van der Waals surface area contributed by atoms with Crippen molar-refractivity contribution in [2.75, 3.05) is 0 Å². The van der Waals surface area contributed by atoms with Gasteiger partial charge in [0.25, 0.3) is 0 Å². The number of carbonyl (C=O) groups is 1. The highest BCUT2D eigenvalue weighted by molar-refractivity contribution is 5.88. The van der Waals surface area contributed by atoms with E-state index in [4.69, 9.17) is 0 Å². The molecule has 2 aromatic rings. The molecule has 0 heterocycles. The first-order valence-electron chi connectivity index (χ1n) is 7.33. The van der Waals surface area contributed by atoms with Gasteiger partial charge >= 0.3 is 0 Å². The highest BCUT2D eigenvalue weighted by atomic mass is 16.1. The maximum Gasteiger partial charge on any atom is 0.139 e. The largest absolute Gasteiger partial charge is 0.299 e. The lowest BCUT2D eigenvalue weighted by Crippen LogP contribution is -2.11. The molecule has 1 nitrogen and oxygen atoms in total. The number of benzene rings is 2. The monoisotopic (exact) mass is 264 g/mol. The van der Waals surface area contributed by atoms with E-state index >= 15 is 0 Å². The van der Waals surface area contributed by atoms with Crippen LogP contribution in [0.5, 0.6) is 0 Å². The number of rotatable bonds is 4. The maximum atomic E-state index is 12.5. The molecule has 102 valence electrons. The summed E-state index contributed by atoms with van der Waals surface area (Å²) in [6, 6.07) is 20.9. The minimum atomic E-state index is 0.111. The molecule has 2 atom stereocenters. The number of Topliss-reactive ketones (excluding diaryl/α,β-unsaturated/α-hetero) is 1. The normalized spacial score (nSPS) is 24.6. The first-order valence-corrected chi connectivity index (χ1v) is 7.33. The van der Waals surface area contributed by atoms with Crippen molar-refractivity contribution in [3.8, 4) is 0 Å². The zero-order chi connectivity index (χ0) is 14.1. The van der Waals surface area contributed by atoms with Crippen LogP contribution in [0.4, 0.5) is 0 Å². The number of carbonyl (C=O) groups excluding carboxylic acids is 1. The Bertz CT molecular complexity index is 540. The summed E-state index contributed by atoms with van der Waals surface area (Å²) in [6.45, 7) is 4.01. The van der Waals surface area contributed by atoms with Gasteiger partial charge < -0.3 is 0 Å². The molecular formula is C19H20O. The lowest BCUT2D eigenvalue weighted by molar-refractivity contribution is -0.123. The zero-order valence-electron chi connectivity index (χ0n) is 12.0. The predicted molar refractivity (Wildman–Crippen MR) is 81.7 cm³/mol. The third-order valence-electron chi connectivity index (χ3n) is 4.29. The Balaban J connectivity index is 1.93. The number of hydrogen-bond acceptors (Lipinski definition) is 1. The predicted octanol–water partition coefficient (Wildman–Crippen LogP) is 4.41. The van der Waals surface area contributed by atoms with Crippen LogP contribution >= 0.6 is 0 Å². The fourth-order valence-electron chi connectivity index (χ4n) is 3.23. The Morgan fingerprint density at radius 1 is 0.800 bits per heavy atom. The Morgan fingerprint density at radius 2 is 1.20 bits per heavy atom. The fourth-order valence-corrected chi connectivity index (χ4v) is 3.23. The van der Waals surface area contributed by atoms with Crippen LogP contribution in [-0.4, -0.2) is 5.78 Å². The van der Waals surface area contributed by atoms with Gasteiger partial charge in [-0.25, -0.2) is 0 Å². The summed E-state index contributed by atoms with van der Waals surface area (Å²) < 4.78 is 0. The summed E-state index contributed by atoms with van der Waals surface area (Å²) in [7, 11) is 0. The number of hydrogen-bond donors (Lipinski definition) is 0. The molecule has 3 rings (SSSR count). The van der Waals surface area contributed by atoms with Crippen LogP contribution in [0.25, 0.3) is 0 Å². The molecule has 0 aliphatic heterocycles. The molecule has 0 unspecified atom stereocenters. The van der Waals surface area contributed by atoms with Crippen LogP contribution in [0.1, 0.15) is 36.8 Å². The quantitative estimate of drug-likeness (QED) is 0.799. The van der Waals surface area contributed by atoms with Crippen LogP contribution < -0.4 is 0 Å². The van der Waals surface area contributed by atoms with Gasteiger partial charge in [0, 0.05) is 23.7 Å². The average Bonchev–Trinajstić information content (AvgIpc) is 3.23. The van der Waals surface area contributed by atoms with Gasteiger partial charge in [0.15, 0.2) is 0 Å². The second-order valence-corrected chi connectivity index (χ2v) is 5.96. The van der Waals surface area contributed by atoms with Gasteiger partial charge in [-0.3, -0.25) is 4.79 Å². The van der Waals surface area contributed by atoms with Crippen LogP contribution in [-0.2, 0) is 4.79 Å². The summed E-state index contributed by atoms with van der Waals surface area (Å²) in [6.07, 6.45) is 0. The molecule has 1 aliphatic rings. The minimum absolute atomic E-state index is 0.111. The van der Waals surface area contributed by atoms with Crippen molar-refractivity contribution >= 4 is 5.78 Å². The highest BCUT2D eigenvalue weighted by Crippen LogP contribution is 2.61. The molecule has 0 radical (unpaired) electrons. The second kappa shape index (κ2) is 5.24. The van der Waals surface area contributed by atoms with Gasteiger partial charge in [-0.2, -0.15) is 0 Å². The summed E-state index contributed by atoms with van der Waals surface area (Å²) in [4.78, 5) is 12.5. The van der Waals surface area contributed by atoms with Gasteiger partial charge in [-0.15, -0.1) is 0 Å². The third kappa shape index (κ3) is 2.29. The molecule has 20 heavy (non-hydrogen) atoms. The molecule has 0 spiro atoms. The van der Waals surface area contributed by atoms with Crippen molar-refractivity contribution in [2.45, 2.75) is 25.7 Å². The van der Waals surface area contributed by atoms with Gasteiger partial charge in [-0.05, 0) is 11.1 Å². The summed E-state index contributed by atoms with van der Waals surface area (Å²) in [5.41, 5.74) is 2.58. The Morgan fingerprint density at radius 3 is 1.55 bits per heavy atom. The van der Waals surface area contributed by atoms with E-state index < -0.39 is 0 Å². The lowest BCUT2D eigenvalue weighted by atomic mass is 10.0. The van der Waals surface area contributed by atoms with Gasteiger partial charge in [0.05, 0.1) is 0 Å². The summed E-state index contributed by atoms with van der Waals surface area (Å²) in [5.74, 6) is 1.37. The fraction of sp³-hybridized carbons (Fsp3) is 0.316. The summed E-state index contributed by atoms with van der Waals surface area (Å²) in [5, 5.41) is 0. The molecule has 0 saturated heterocycles. The molecule has 0 amide bonds. The Kier molecular flexibility index (Phi) is 3.43. The molecule has 1 aliphatic carbocycles. The van der Waals surface area contributed by atoms with Crippen LogP contribution in [0.2, 0.25) is 0 Å². The van der Waals surface area contributed by atoms with Crippen molar-refractivity contribution in [1.82, 2.24) is 0 Å². The molecule has 1 saturated carbocycles. The van der Waals surface area contributed by atoms with E-state index in [0.717, 1.165) is 0 Å². The minimum Gasteiger partial charge on any atom is -0.299 e. The first-order chi connectivity index (χ1) is 9.70. The second-order valence-electron chi connectivity index (χ2n) is 5.96. The van der Waals surface area contributed by atoms with E-state index in [0.29, 0.717) is 17.6 Å². The van der Waals surface area contributed by atoms with Crippen LogP contribution in [0.3, 0.4) is 0 Å². The smallest absolute Gasteiger partial charge is 0.139 e. The molecule has 0 bridgehead atoms. The Labute approximate surface area is 120 Å². The molecule has 1 heteroatoms. The van der Waals surface area contributed by atoms with Crippen molar-refractivity contribution in [3.05, 3.63) is 71.8 Å². The first kappa shape index (κ1) is 13.1. The molecule has 0 aromatic heterocycles. The SMILES string of the molecule is CC(C)C(=O)C1[C@H](c2ccccc2)[C@H]1c1ccccc1. The molecule has 0 N–H and O–H groups in total. The summed E-state index contributed by atoms with van der Waals surface area (Å²) >= 11 is 0. The highest BCUT2D eigenvalue weighted by Gasteiger charge is 2.55. The van der Waals surface area contributed by atoms with E-state index in [9.17, 15) is 4.79 Å². The molecule has 2 aromatic carbocycles. The van der Waals surface area contributed by atoms with E-state index in [1.807, 2.05) is 26.0 Å². The van der Waals surface area contributed by atoms with Crippen molar-refractivity contribution in [3.63, 3.8) is 0 Å². The average molecular weight is 264 g/mol. The van der Waals surface area contributed by atoms with E-state index in [1.165, 1.54) is 11.1 Å². The standard InChI is InChI=1S/C19H20O/c1-13(2)19(20)18-16(14-9-5-3-6-10-14)17(18)15-11-7-4-8-12-15/h3-13,16-18H,1-2H3/t16-,17-/m1/s1. The van der Waals surface area contributed by atoms with Crippen LogP contribution in [0.15, 0.2) is 60.7 Å². The van der Waals surface area contributed by atoms with Gasteiger partial charge in [-0.1, -0.05) is 74.5 Å². The molecule has 1 fully saturated rings. The Hall–Kier alpha value is -1.89. The third-order valence-corrected chi connectivity index (χ3v) is 4.29. The topological polar surface area (TPSA) is 17.1 Å². The van der Waals surface area contributed by atoms with E-state index in [2.05, 4.69) is 48.5 Å². The van der Waals surface area contributed by atoms with Crippen molar-refractivity contribution in [2.24, 2.45) is 11.8 Å². The van der Waals surface area contributed by atoms with Crippen molar-refractivity contribution in [1.29, 1.82) is 0 Å². The van der Waals surface area contributed by atoms with Gasteiger partial charge in [0.2, 0.25) is 0 Å². The lowest BCUT2D eigenvalue weighted by Gasteiger charge is -2.03. The van der Waals surface area contributed by atoms with Crippen molar-refractivity contribution < 1.29 is 4.79 Å². The van der Waals surface area contributed by atoms with E-state index in [1.54, 1.807) is 0 Å². The van der Waals surface area contributed by atoms with Gasteiger partial charge in [0.1, 0.15) is 5.78 Å². The zero-order valence-corrected chi connectivity index (χ0v) is 12.0. The molecular weight excluding hydrogens is 244 g/mol. The van der Waals surface area contributed by atoms with Crippen LogP contribution in [0, 0.1) is 11.8 Å². The maximum absolute atomic E-state index is 12.5. The number of ketones is 1.